The van der Waals surface area contributed by atoms with Gasteiger partial charge in [-0.2, -0.15) is 0 Å². The fourth-order valence-electron chi connectivity index (χ4n) is 4.79. The molecule has 2 aromatic carbocycles. The van der Waals surface area contributed by atoms with Crippen LogP contribution in [0.3, 0.4) is 0 Å². The van der Waals surface area contributed by atoms with Crippen molar-refractivity contribution in [1.29, 1.82) is 0 Å². The summed E-state index contributed by atoms with van der Waals surface area (Å²) >= 11 is 0. The van der Waals surface area contributed by atoms with E-state index in [-0.39, 0.29) is 30.1 Å². The Morgan fingerprint density at radius 1 is 0.610 bits per heavy atom. The first-order chi connectivity index (χ1) is 18.8. The van der Waals surface area contributed by atoms with Crippen LogP contribution >= 0.6 is 0 Å². The van der Waals surface area contributed by atoms with E-state index in [0.717, 1.165) is 0 Å². The van der Waals surface area contributed by atoms with Crippen LogP contribution < -0.4 is 0 Å². The number of carboxylic acids is 2. The molecule has 0 saturated heterocycles. The monoisotopic (exact) mass is 572 g/mol. The molecule has 2 atom stereocenters. The minimum Gasteiger partial charge on any atom is -0.481 e. The van der Waals surface area contributed by atoms with Crippen molar-refractivity contribution in [3.8, 4) is 0 Å². The van der Waals surface area contributed by atoms with Crippen molar-refractivity contribution in [1.82, 2.24) is 0 Å². The molecule has 2 aliphatic carbocycles. The minimum atomic E-state index is -0.673. The number of fused-ring (bicyclic) bond motifs is 2. The largest absolute Gasteiger partial charge is 0.481 e. The number of benzene rings is 2. The van der Waals surface area contributed by atoms with Crippen LogP contribution in [0.2, 0.25) is 0 Å². The summed E-state index contributed by atoms with van der Waals surface area (Å²) in [6.45, 7) is 29.1. The maximum absolute atomic E-state index is 11.0. The molecule has 0 heterocycles. The average molecular weight is 573 g/mol. The van der Waals surface area contributed by atoms with E-state index in [4.69, 9.17) is 10.2 Å². The van der Waals surface area contributed by atoms with Gasteiger partial charge in [0.15, 0.2) is 0 Å². The highest BCUT2D eigenvalue weighted by molar-refractivity contribution is 5.73. The van der Waals surface area contributed by atoms with E-state index in [1.165, 1.54) is 33.4 Å². The quantitative estimate of drug-likeness (QED) is 0.375. The SMILES string of the molecule is C.CC.CC.CC.CC.CC(C)(C)c1ccc2c(c1)CC(C(=O)O)C2.CC(C)(C)c1cccc2c1CC(C(=O)O)C2. The standard InChI is InChI=1S/2C14H18O2.4C2H6.CH4/c1-14(2,3)12-5-4-9-6-11(13(15)16)7-10(9)8-12;1-14(2,3)12-6-4-5-9-7-10(13(15)16)8-11(9)12;4*1-2;/h4-5,8,11H,6-7H2,1-3H3,(H,15,16);4-6,10H,7-8H2,1-3H3,(H,15,16);4*1-2H3;1H4. The van der Waals surface area contributed by atoms with E-state index in [1.54, 1.807) is 0 Å². The van der Waals surface area contributed by atoms with Gasteiger partial charge in [-0.05, 0) is 69.9 Å². The van der Waals surface area contributed by atoms with E-state index in [9.17, 15) is 9.59 Å². The van der Waals surface area contributed by atoms with Crippen molar-refractivity contribution < 1.29 is 19.8 Å². The molecule has 0 amide bonds. The number of carbonyl (C=O) groups is 2. The summed E-state index contributed by atoms with van der Waals surface area (Å²) in [5, 5.41) is 18.1. The van der Waals surface area contributed by atoms with Gasteiger partial charge in [0.2, 0.25) is 0 Å². The fourth-order valence-corrected chi connectivity index (χ4v) is 4.79. The van der Waals surface area contributed by atoms with E-state index >= 15 is 0 Å². The number of carboxylic acid groups (broad SMARTS) is 2. The van der Waals surface area contributed by atoms with Crippen molar-refractivity contribution in [2.75, 3.05) is 0 Å². The molecule has 41 heavy (non-hydrogen) atoms. The molecule has 4 heteroatoms. The number of aliphatic carboxylic acids is 2. The van der Waals surface area contributed by atoms with Gasteiger partial charge in [0.25, 0.3) is 0 Å². The first-order valence-corrected chi connectivity index (χ1v) is 15.5. The van der Waals surface area contributed by atoms with Crippen molar-refractivity contribution in [2.24, 2.45) is 11.8 Å². The van der Waals surface area contributed by atoms with Crippen LogP contribution in [-0.2, 0) is 46.1 Å². The third-order valence-electron chi connectivity index (χ3n) is 6.70. The summed E-state index contributed by atoms with van der Waals surface area (Å²) in [4.78, 5) is 22.0. The highest BCUT2D eigenvalue weighted by Crippen LogP contribution is 2.35. The van der Waals surface area contributed by atoms with Crippen molar-refractivity contribution in [3.63, 3.8) is 0 Å². The lowest BCUT2D eigenvalue weighted by Crippen LogP contribution is -2.16. The lowest BCUT2D eigenvalue weighted by atomic mass is 9.82. The van der Waals surface area contributed by atoms with Gasteiger partial charge in [0, 0.05) is 0 Å². The molecule has 0 aliphatic heterocycles. The molecule has 0 spiro atoms. The van der Waals surface area contributed by atoms with Crippen LogP contribution in [0.5, 0.6) is 0 Å². The van der Waals surface area contributed by atoms with Crippen LogP contribution in [-0.4, -0.2) is 22.2 Å². The Morgan fingerprint density at radius 2 is 1.05 bits per heavy atom. The fraction of sp³-hybridized carbons (Fsp3) is 0.622. The third kappa shape index (κ3) is 12.8. The summed E-state index contributed by atoms with van der Waals surface area (Å²) < 4.78 is 0. The molecule has 2 N–H and O–H groups in total. The van der Waals surface area contributed by atoms with Gasteiger partial charge in [-0.25, -0.2) is 0 Å². The summed E-state index contributed by atoms with van der Waals surface area (Å²) in [7, 11) is 0. The van der Waals surface area contributed by atoms with Gasteiger partial charge in [0.05, 0.1) is 11.8 Å². The Balaban J connectivity index is -0.000000556. The number of hydrogen-bond acceptors (Lipinski definition) is 2. The molecule has 0 saturated carbocycles. The third-order valence-corrected chi connectivity index (χ3v) is 6.70. The van der Waals surface area contributed by atoms with Gasteiger partial charge >= 0.3 is 11.9 Å². The maximum Gasteiger partial charge on any atom is 0.307 e. The Labute approximate surface area is 254 Å². The molecule has 0 aromatic heterocycles. The van der Waals surface area contributed by atoms with Gasteiger partial charge in [-0.15, -0.1) is 0 Å². The van der Waals surface area contributed by atoms with Crippen LogP contribution in [0.4, 0.5) is 0 Å². The van der Waals surface area contributed by atoms with Crippen molar-refractivity contribution in [3.05, 3.63) is 69.8 Å². The zero-order valence-electron chi connectivity index (χ0n) is 28.2. The Morgan fingerprint density at radius 3 is 1.49 bits per heavy atom. The Bertz CT molecular complexity index is 1020. The second-order valence-corrected chi connectivity index (χ2v) is 11.3. The zero-order valence-corrected chi connectivity index (χ0v) is 28.2. The Hall–Kier alpha value is -2.62. The number of hydrogen-bond donors (Lipinski definition) is 2. The first kappa shape index (κ1) is 42.8. The van der Waals surface area contributed by atoms with Crippen LogP contribution in [0, 0.1) is 11.8 Å². The molecule has 0 bridgehead atoms. The van der Waals surface area contributed by atoms with Crippen LogP contribution in [0.1, 0.15) is 138 Å². The van der Waals surface area contributed by atoms with E-state index in [2.05, 4.69) is 71.9 Å². The molecule has 236 valence electrons. The summed E-state index contributed by atoms with van der Waals surface area (Å²) in [5.41, 5.74) is 7.74. The first-order valence-electron chi connectivity index (χ1n) is 15.5. The summed E-state index contributed by atoms with van der Waals surface area (Å²) in [5.74, 6) is -1.78. The highest BCUT2D eigenvalue weighted by atomic mass is 16.4. The lowest BCUT2D eigenvalue weighted by Gasteiger charge is -2.22. The molecule has 2 aromatic rings. The van der Waals surface area contributed by atoms with Crippen LogP contribution in [0.25, 0.3) is 0 Å². The van der Waals surface area contributed by atoms with Crippen molar-refractivity contribution in [2.45, 2.75) is 141 Å². The minimum absolute atomic E-state index is 0. The normalized spacial score (nSPS) is 15.9. The van der Waals surface area contributed by atoms with Gasteiger partial charge in [0.1, 0.15) is 0 Å². The molecular formula is C37H64O4. The maximum atomic E-state index is 11.0. The summed E-state index contributed by atoms with van der Waals surface area (Å²) in [6.07, 6.45) is 2.76. The van der Waals surface area contributed by atoms with Crippen LogP contribution in [0.15, 0.2) is 36.4 Å². The molecule has 4 nitrogen and oxygen atoms in total. The van der Waals surface area contributed by atoms with Gasteiger partial charge in [-0.3, -0.25) is 9.59 Å². The predicted octanol–water partition coefficient (Wildman–Crippen LogP) is 10.3. The smallest absolute Gasteiger partial charge is 0.307 e. The molecule has 0 fully saturated rings. The molecular weight excluding hydrogens is 508 g/mol. The molecule has 0 radical (unpaired) electrons. The van der Waals surface area contributed by atoms with Crippen molar-refractivity contribution >= 4 is 11.9 Å². The second kappa shape index (κ2) is 20.3. The second-order valence-electron chi connectivity index (χ2n) is 11.3. The van der Waals surface area contributed by atoms with Gasteiger partial charge < -0.3 is 10.2 Å². The van der Waals surface area contributed by atoms with E-state index in [1.807, 2.05) is 61.5 Å². The molecule has 4 rings (SSSR count). The average Bonchev–Trinajstić information content (AvgIpc) is 3.57. The van der Waals surface area contributed by atoms with E-state index in [0.29, 0.717) is 25.7 Å². The topological polar surface area (TPSA) is 74.6 Å². The highest BCUT2D eigenvalue weighted by Gasteiger charge is 2.31. The zero-order chi connectivity index (χ0) is 31.8. The number of rotatable bonds is 2. The molecule has 2 aliphatic rings. The molecule has 2 unspecified atom stereocenters. The summed E-state index contributed by atoms with van der Waals surface area (Å²) in [6, 6.07) is 12.6. The predicted molar refractivity (Wildman–Crippen MR) is 179 cm³/mol. The van der Waals surface area contributed by atoms with E-state index < -0.39 is 11.9 Å². The van der Waals surface area contributed by atoms with Gasteiger partial charge in [-0.1, -0.05) is 141 Å². The Kier molecular flexibility index (Phi) is 21.2. The lowest BCUT2D eigenvalue weighted by molar-refractivity contribution is -0.142.